The molecule has 4 rings (SSSR count). The number of aliphatic carboxylic acids is 1. The summed E-state index contributed by atoms with van der Waals surface area (Å²) in [6.07, 6.45) is 3.09. The average molecular weight is 575 g/mol. The number of aromatic nitrogens is 1. The molecule has 0 radical (unpaired) electrons. The number of likely N-dealkylation sites (tertiary alicyclic amines) is 1. The van der Waals surface area contributed by atoms with Gasteiger partial charge in [-0.3, -0.25) is 9.78 Å². The van der Waals surface area contributed by atoms with Gasteiger partial charge in [0.15, 0.2) is 17.5 Å². The Morgan fingerprint density at radius 1 is 1.17 bits per heavy atom. The van der Waals surface area contributed by atoms with Crippen molar-refractivity contribution < 1.29 is 32.9 Å². The molecule has 2 heterocycles. The third kappa shape index (κ3) is 7.20. The number of halogens is 3. The molecule has 222 valence electrons. The summed E-state index contributed by atoms with van der Waals surface area (Å²) >= 11 is 0. The van der Waals surface area contributed by atoms with Crippen LogP contribution in [0.2, 0.25) is 0 Å². The molecule has 0 bridgehead atoms. The van der Waals surface area contributed by atoms with E-state index < -0.39 is 34.9 Å². The molecule has 11 heteroatoms. The molecule has 3 N–H and O–H groups in total. The molecular weight excluding hydrogens is 537 g/mol. The van der Waals surface area contributed by atoms with Crippen molar-refractivity contribution in [3.8, 4) is 5.75 Å². The summed E-state index contributed by atoms with van der Waals surface area (Å²) in [6.45, 7) is 2.26. The number of carboxylic acids is 1. The number of anilines is 2. The molecule has 3 aromatic rings. The number of nitrogens with zero attached hydrogens (tertiary/aromatic N) is 3. The van der Waals surface area contributed by atoms with Gasteiger partial charge in [0, 0.05) is 56.0 Å². The molecule has 1 saturated heterocycles. The summed E-state index contributed by atoms with van der Waals surface area (Å²) in [5.74, 6) is -4.21. The lowest BCUT2D eigenvalue weighted by molar-refractivity contribution is -0.141. The van der Waals surface area contributed by atoms with Crippen LogP contribution in [0.25, 0.3) is 10.9 Å². The maximum atomic E-state index is 13.5. The van der Waals surface area contributed by atoms with Crippen LogP contribution in [-0.2, 0) is 4.79 Å². The van der Waals surface area contributed by atoms with Crippen LogP contribution in [0.4, 0.5) is 24.5 Å². The van der Waals surface area contributed by atoms with E-state index in [1.54, 1.807) is 13.3 Å². The highest BCUT2D eigenvalue weighted by Gasteiger charge is 2.37. The van der Waals surface area contributed by atoms with E-state index in [9.17, 15) is 28.2 Å². The number of nitrogens with one attached hydrogen (secondary N) is 1. The van der Waals surface area contributed by atoms with Gasteiger partial charge in [-0.05, 0) is 62.4 Å². The van der Waals surface area contributed by atoms with Crippen LogP contribution in [0.15, 0.2) is 36.5 Å². The summed E-state index contributed by atoms with van der Waals surface area (Å²) in [4.78, 5) is 20.5. The van der Waals surface area contributed by atoms with E-state index in [0.717, 1.165) is 34.3 Å². The van der Waals surface area contributed by atoms with Crippen molar-refractivity contribution in [2.45, 2.75) is 38.2 Å². The summed E-state index contributed by atoms with van der Waals surface area (Å²) in [5, 5.41) is 24.9. The molecule has 1 aliphatic rings. The lowest BCUT2D eigenvalue weighted by Gasteiger charge is -2.41. The summed E-state index contributed by atoms with van der Waals surface area (Å²) in [6, 6.07) is 7.37. The first kappa shape index (κ1) is 30.4. The van der Waals surface area contributed by atoms with Gasteiger partial charge >= 0.3 is 5.97 Å². The lowest BCUT2D eigenvalue weighted by Crippen LogP contribution is -2.43. The Morgan fingerprint density at radius 2 is 1.85 bits per heavy atom. The molecular formula is C30H37F3N4O4. The van der Waals surface area contributed by atoms with Crippen molar-refractivity contribution in [2.24, 2.45) is 5.41 Å². The first-order valence-corrected chi connectivity index (χ1v) is 13.7. The third-order valence-electron chi connectivity index (χ3n) is 8.04. The molecule has 41 heavy (non-hydrogen) atoms. The van der Waals surface area contributed by atoms with Crippen LogP contribution in [0.1, 0.15) is 43.8 Å². The van der Waals surface area contributed by atoms with Crippen molar-refractivity contribution >= 4 is 28.2 Å². The standard InChI is InChI=1S/C30H37F3N4O4/c1-36(2)25-18-35-24-5-4-20(41-3)16-21(24)28(25)26(38)6-7-30(17-27(39)40)8-11-37(12-9-30)13-10-34-19-14-22(31)29(33)23(32)15-19/h4-5,14-16,18,26,34,38H,6-13,17H2,1-3H3,(H,39,40)/t26-/m1/s1. The number of ether oxygens (including phenoxy) is 1. The van der Waals surface area contributed by atoms with Gasteiger partial charge in [0.05, 0.1) is 37.0 Å². The molecule has 1 fully saturated rings. The first-order valence-electron chi connectivity index (χ1n) is 13.7. The molecule has 1 aliphatic heterocycles. The van der Waals surface area contributed by atoms with E-state index in [4.69, 9.17) is 4.74 Å². The predicted molar refractivity (Wildman–Crippen MR) is 152 cm³/mol. The van der Waals surface area contributed by atoms with Gasteiger partial charge in [-0.25, -0.2) is 13.2 Å². The van der Waals surface area contributed by atoms with Crippen LogP contribution in [0.3, 0.4) is 0 Å². The van der Waals surface area contributed by atoms with E-state index in [2.05, 4.69) is 15.2 Å². The topological polar surface area (TPSA) is 98.2 Å². The quantitative estimate of drug-likeness (QED) is 0.254. The zero-order chi connectivity index (χ0) is 29.7. The minimum absolute atomic E-state index is 0.00535. The normalized spacial score (nSPS) is 16.0. The Kier molecular flexibility index (Phi) is 9.60. The molecule has 1 atom stereocenters. The van der Waals surface area contributed by atoms with Crippen LogP contribution in [0, 0.1) is 22.9 Å². The monoisotopic (exact) mass is 574 g/mol. The zero-order valence-corrected chi connectivity index (χ0v) is 23.6. The van der Waals surface area contributed by atoms with Crippen LogP contribution in [-0.4, -0.2) is 73.5 Å². The van der Waals surface area contributed by atoms with E-state index in [-0.39, 0.29) is 12.1 Å². The minimum Gasteiger partial charge on any atom is -0.497 e. The van der Waals surface area contributed by atoms with E-state index in [0.29, 0.717) is 57.6 Å². The number of carbonyl (C=O) groups is 1. The molecule has 0 spiro atoms. The number of piperidine rings is 1. The fraction of sp³-hybridized carbons (Fsp3) is 0.467. The van der Waals surface area contributed by atoms with Crippen molar-refractivity contribution in [3.05, 3.63) is 59.5 Å². The minimum atomic E-state index is -1.50. The maximum Gasteiger partial charge on any atom is 0.303 e. The number of pyridine rings is 1. The Labute approximate surface area is 237 Å². The number of methoxy groups -OCH3 is 1. The molecule has 0 unspecified atom stereocenters. The Morgan fingerprint density at radius 3 is 2.46 bits per heavy atom. The molecule has 0 amide bonds. The Balaban J connectivity index is 1.42. The largest absolute Gasteiger partial charge is 0.497 e. The number of benzene rings is 2. The van der Waals surface area contributed by atoms with Crippen molar-refractivity contribution in [1.82, 2.24) is 9.88 Å². The second-order valence-electron chi connectivity index (χ2n) is 11.0. The summed E-state index contributed by atoms with van der Waals surface area (Å²) < 4.78 is 45.6. The fourth-order valence-electron chi connectivity index (χ4n) is 5.71. The highest BCUT2D eigenvalue weighted by molar-refractivity contribution is 5.88. The van der Waals surface area contributed by atoms with Crippen LogP contribution in [0.5, 0.6) is 5.75 Å². The van der Waals surface area contributed by atoms with Gasteiger partial charge in [0.1, 0.15) is 5.75 Å². The third-order valence-corrected chi connectivity index (χ3v) is 8.04. The number of hydrogen-bond donors (Lipinski definition) is 3. The van der Waals surface area contributed by atoms with Gasteiger partial charge in [-0.2, -0.15) is 0 Å². The Hall–Kier alpha value is -3.57. The number of aliphatic hydroxyl groups is 1. The second-order valence-corrected chi connectivity index (χ2v) is 11.0. The fourth-order valence-corrected chi connectivity index (χ4v) is 5.71. The van der Waals surface area contributed by atoms with Gasteiger partial charge < -0.3 is 30.1 Å². The number of aliphatic hydroxyl groups excluding tert-OH is 1. The maximum absolute atomic E-state index is 13.5. The Bertz CT molecular complexity index is 1360. The van der Waals surface area contributed by atoms with Crippen LogP contribution >= 0.6 is 0 Å². The summed E-state index contributed by atoms with van der Waals surface area (Å²) in [7, 11) is 5.36. The van der Waals surface area contributed by atoms with Crippen LogP contribution < -0.4 is 15.0 Å². The highest BCUT2D eigenvalue weighted by Crippen LogP contribution is 2.43. The molecule has 8 nitrogen and oxygen atoms in total. The molecule has 0 saturated carbocycles. The second kappa shape index (κ2) is 12.9. The number of rotatable bonds is 12. The first-order chi connectivity index (χ1) is 19.5. The van der Waals surface area contributed by atoms with E-state index in [1.807, 2.05) is 37.2 Å². The number of fused-ring (bicyclic) bond motifs is 1. The van der Waals surface area contributed by atoms with E-state index in [1.165, 1.54) is 0 Å². The molecule has 1 aromatic heterocycles. The molecule has 0 aliphatic carbocycles. The SMILES string of the molecule is COc1ccc2ncc(N(C)C)c([C@H](O)CCC3(CC(=O)O)CCN(CCNc4cc(F)c(F)c(F)c4)CC3)c2c1. The van der Waals surface area contributed by atoms with Gasteiger partial charge in [0.25, 0.3) is 0 Å². The van der Waals surface area contributed by atoms with Crippen molar-refractivity contribution in [1.29, 1.82) is 0 Å². The molecule has 2 aromatic carbocycles. The van der Waals surface area contributed by atoms with Crippen molar-refractivity contribution in [3.63, 3.8) is 0 Å². The lowest BCUT2D eigenvalue weighted by atomic mass is 9.71. The number of hydrogen-bond acceptors (Lipinski definition) is 7. The predicted octanol–water partition coefficient (Wildman–Crippen LogP) is 5.21. The summed E-state index contributed by atoms with van der Waals surface area (Å²) in [5.41, 5.74) is 1.94. The van der Waals surface area contributed by atoms with E-state index >= 15 is 0 Å². The van der Waals surface area contributed by atoms with Gasteiger partial charge in [-0.1, -0.05) is 0 Å². The van der Waals surface area contributed by atoms with Gasteiger partial charge in [-0.15, -0.1) is 0 Å². The smallest absolute Gasteiger partial charge is 0.303 e. The number of carboxylic acid groups (broad SMARTS) is 1. The average Bonchev–Trinajstić information content (AvgIpc) is 2.94. The highest BCUT2D eigenvalue weighted by atomic mass is 19.2. The zero-order valence-electron chi connectivity index (χ0n) is 23.6. The van der Waals surface area contributed by atoms with Crippen molar-refractivity contribution in [2.75, 3.05) is 57.6 Å². The van der Waals surface area contributed by atoms with Gasteiger partial charge in [0.2, 0.25) is 0 Å².